The third-order valence-electron chi connectivity index (χ3n) is 4.52. The molecule has 0 aromatic heterocycles. The zero-order valence-corrected chi connectivity index (χ0v) is 13.5. The van der Waals surface area contributed by atoms with Gasteiger partial charge < -0.3 is 9.84 Å². The minimum atomic E-state index is 0.330. The van der Waals surface area contributed by atoms with Crippen molar-refractivity contribution in [2.45, 2.75) is 26.0 Å². The molecular weight excluding hydrogens is 286 g/mol. The summed E-state index contributed by atoms with van der Waals surface area (Å²) in [6.45, 7) is 4.03. The molecule has 3 rings (SSSR count). The molecule has 0 spiro atoms. The first-order valence-electron chi connectivity index (χ1n) is 8.42. The van der Waals surface area contributed by atoms with Crippen molar-refractivity contribution in [2.75, 3.05) is 19.7 Å². The number of rotatable bonds is 6. The minimum Gasteiger partial charge on any atom is -0.489 e. The van der Waals surface area contributed by atoms with Gasteiger partial charge in [0, 0.05) is 13.2 Å². The minimum absolute atomic E-state index is 0.330. The molecule has 0 saturated carbocycles. The molecular formula is C20H25NO2. The van der Waals surface area contributed by atoms with Crippen LogP contribution >= 0.6 is 0 Å². The Hall–Kier alpha value is -1.84. The molecule has 3 heteroatoms. The molecule has 0 bridgehead atoms. The lowest BCUT2D eigenvalue weighted by Crippen LogP contribution is -2.34. The number of likely N-dealkylation sites (tertiary alicyclic amines) is 1. The lowest BCUT2D eigenvalue weighted by Gasteiger charge is -2.31. The fourth-order valence-corrected chi connectivity index (χ4v) is 3.06. The van der Waals surface area contributed by atoms with Crippen LogP contribution in [0.5, 0.6) is 5.75 Å². The lowest BCUT2D eigenvalue weighted by molar-refractivity contribution is 0.127. The second-order valence-corrected chi connectivity index (χ2v) is 6.32. The van der Waals surface area contributed by atoms with Gasteiger partial charge in [-0.2, -0.15) is 0 Å². The summed E-state index contributed by atoms with van der Waals surface area (Å²) in [6.07, 6.45) is 2.20. The number of nitrogens with zero attached hydrogens (tertiary/aromatic N) is 1. The average Bonchev–Trinajstić information content (AvgIpc) is 2.62. The van der Waals surface area contributed by atoms with Gasteiger partial charge in [0.1, 0.15) is 12.4 Å². The summed E-state index contributed by atoms with van der Waals surface area (Å²) in [5.74, 6) is 1.42. The Kier molecular flexibility index (Phi) is 5.67. The van der Waals surface area contributed by atoms with E-state index in [4.69, 9.17) is 4.74 Å². The van der Waals surface area contributed by atoms with Crippen LogP contribution in [0.4, 0.5) is 0 Å². The van der Waals surface area contributed by atoms with Crippen LogP contribution in [0.2, 0.25) is 0 Å². The average molecular weight is 311 g/mol. The maximum atomic E-state index is 9.22. The van der Waals surface area contributed by atoms with E-state index in [1.54, 1.807) is 0 Å². The summed E-state index contributed by atoms with van der Waals surface area (Å²) in [6, 6.07) is 18.6. The van der Waals surface area contributed by atoms with Crippen LogP contribution in [0, 0.1) is 5.92 Å². The van der Waals surface area contributed by atoms with E-state index in [1.807, 2.05) is 24.3 Å². The van der Waals surface area contributed by atoms with Gasteiger partial charge in [0.25, 0.3) is 0 Å². The van der Waals surface area contributed by atoms with Gasteiger partial charge >= 0.3 is 0 Å². The Balaban J connectivity index is 1.53. The number of hydrogen-bond acceptors (Lipinski definition) is 3. The third kappa shape index (κ3) is 4.81. The number of aliphatic hydroxyl groups is 1. The molecule has 1 heterocycles. The van der Waals surface area contributed by atoms with Gasteiger partial charge in [-0.15, -0.1) is 0 Å². The first kappa shape index (κ1) is 16.0. The van der Waals surface area contributed by atoms with E-state index in [2.05, 4.69) is 35.2 Å². The first-order chi connectivity index (χ1) is 11.3. The van der Waals surface area contributed by atoms with E-state index in [-0.39, 0.29) is 0 Å². The van der Waals surface area contributed by atoms with Gasteiger partial charge in [-0.05, 0) is 55.1 Å². The molecule has 122 valence electrons. The highest BCUT2D eigenvalue weighted by atomic mass is 16.5. The summed E-state index contributed by atoms with van der Waals surface area (Å²) >= 11 is 0. The van der Waals surface area contributed by atoms with E-state index in [0.717, 1.165) is 38.2 Å². The van der Waals surface area contributed by atoms with Crippen molar-refractivity contribution < 1.29 is 9.84 Å². The Morgan fingerprint density at radius 3 is 2.43 bits per heavy atom. The Morgan fingerprint density at radius 1 is 0.957 bits per heavy atom. The molecule has 0 aliphatic carbocycles. The maximum Gasteiger partial charge on any atom is 0.120 e. The fourth-order valence-electron chi connectivity index (χ4n) is 3.06. The van der Waals surface area contributed by atoms with Crippen molar-refractivity contribution in [3.8, 4) is 5.75 Å². The molecule has 0 atom stereocenters. The molecule has 0 unspecified atom stereocenters. The zero-order valence-electron chi connectivity index (χ0n) is 13.5. The maximum absolute atomic E-state index is 9.22. The third-order valence-corrected chi connectivity index (χ3v) is 4.52. The van der Waals surface area contributed by atoms with Crippen LogP contribution in [0.3, 0.4) is 0 Å². The zero-order chi connectivity index (χ0) is 15.9. The van der Waals surface area contributed by atoms with E-state index in [9.17, 15) is 5.11 Å². The number of hydrogen-bond donors (Lipinski definition) is 1. The van der Waals surface area contributed by atoms with Crippen LogP contribution in [-0.2, 0) is 13.2 Å². The quantitative estimate of drug-likeness (QED) is 0.886. The summed E-state index contributed by atoms with van der Waals surface area (Å²) in [7, 11) is 0. The highest BCUT2D eigenvalue weighted by Gasteiger charge is 2.18. The monoisotopic (exact) mass is 311 g/mol. The van der Waals surface area contributed by atoms with Crippen molar-refractivity contribution >= 4 is 0 Å². The molecule has 0 amide bonds. The number of ether oxygens (including phenoxy) is 1. The Labute approximate surface area is 138 Å². The predicted octanol–water partition coefficient (Wildman–Crippen LogP) is 3.47. The van der Waals surface area contributed by atoms with Crippen molar-refractivity contribution in [1.82, 2.24) is 4.90 Å². The highest BCUT2D eigenvalue weighted by molar-refractivity contribution is 5.29. The summed E-state index contributed by atoms with van der Waals surface area (Å²) in [5.41, 5.74) is 2.47. The SMILES string of the molecule is OCC1CCN(Cc2cccc(OCc3ccccc3)c2)CC1. The topological polar surface area (TPSA) is 32.7 Å². The lowest BCUT2D eigenvalue weighted by atomic mass is 9.97. The molecule has 1 aliphatic heterocycles. The number of piperidine rings is 1. The van der Waals surface area contributed by atoms with E-state index in [1.165, 1.54) is 11.1 Å². The van der Waals surface area contributed by atoms with Gasteiger partial charge in [0.2, 0.25) is 0 Å². The predicted molar refractivity (Wildman–Crippen MR) is 92.3 cm³/mol. The Morgan fingerprint density at radius 2 is 1.70 bits per heavy atom. The van der Waals surface area contributed by atoms with Crippen molar-refractivity contribution in [3.05, 3.63) is 65.7 Å². The smallest absolute Gasteiger partial charge is 0.120 e. The van der Waals surface area contributed by atoms with E-state index >= 15 is 0 Å². The van der Waals surface area contributed by atoms with Crippen molar-refractivity contribution in [2.24, 2.45) is 5.92 Å². The molecule has 2 aromatic carbocycles. The number of benzene rings is 2. The van der Waals surface area contributed by atoms with Gasteiger partial charge in [-0.3, -0.25) is 4.90 Å². The van der Waals surface area contributed by atoms with Gasteiger partial charge in [0.15, 0.2) is 0 Å². The van der Waals surface area contributed by atoms with Crippen LogP contribution in [0.1, 0.15) is 24.0 Å². The fraction of sp³-hybridized carbons (Fsp3) is 0.400. The standard InChI is InChI=1S/C20H25NO2/c22-15-17-9-11-21(12-10-17)14-19-7-4-8-20(13-19)23-16-18-5-2-1-3-6-18/h1-8,13,17,22H,9-12,14-16H2. The van der Waals surface area contributed by atoms with Crippen molar-refractivity contribution in [1.29, 1.82) is 0 Å². The summed E-state index contributed by atoms with van der Waals surface area (Å²) in [4.78, 5) is 2.46. The largest absolute Gasteiger partial charge is 0.489 e. The van der Waals surface area contributed by atoms with E-state index in [0.29, 0.717) is 19.1 Å². The normalized spacial score (nSPS) is 16.4. The van der Waals surface area contributed by atoms with Crippen LogP contribution in [0.15, 0.2) is 54.6 Å². The molecule has 23 heavy (non-hydrogen) atoms. The first-order valence-corrected chi connectivity index (χ1v) is 8.42. The highest BCUT2D eigenvalue weighted by Crippen LogP contribution is 2.21. The molecule has 3 nitrogen and oxygen atoms in total. The van der Waals surface area contributed by atoms with Crippen LogP contribution in [0.25, 0.3) is 0 Å². The number of aliphatic hydroxyl groups excluding tert-OH is 1. The van der Waals surface area contributed by atoms with Gasteiger partial charge in [-0.25, -0.2) is 0 Å². The summed E-state index contributed by atoms with van der Waals surface area (Å²) < 4.78 is 5.90. The molecule has 2 aromatic rings. The molecule has 1 aliphatic rings. The van der Waals surface area contributed by atoms with Gasteiger partial charge in [-0.1, -0.05) is 42.5 Å². The second-order valence-electron chi connectivity index (χ2n) is 6.32. The molecule has 0 radical (unpaired) electrons. The molecule has 1 N–H and O–H groups in total. The molecule has 1 fully saturated rings. The van der Waals surface area contributed by atoms with E-state index < -0.39 is 0 Å². The van der Waals surface area contributed by atoms with Crippen molar-refractivity contribution in [3.63, 3.8) is 0 Å². The Bertz CT molecular complexity index is 592. The molecule has 1 saturated heterocycles. The summed E-state index contributed by atoms with van der Waals surface area (Å²) in [5, 5.41) is 9.22. The van der Waals surface area contributed by atoms with Crippen LogP contribution < -0.4 is 4.74 Å². The van der Waals surface area contributed by atoms with Crippen LogP contribution in [-0.4, -0.2) is 29.7 Å². The van der Waals surface area contributed by atoms with Gasteiger partial charge in [0.05, 0.1) is 0 Å². The second kappa shape index (κ2) is 8.14.